The number of carbonyl (C=O) groups is 1. The molecule has 3 unspecified atom stereocenters. The Bertz CT molecular complexity index is 263. The van der Waals surface area contributed by atoms with E-state index in [2.05, 4.69) is 12.2 Å². The first kappa shape index (κ1) is 10.9. The summed E-state index contributed by atoms with van der Waals surface area (Å²) < 4.78 is 5.35. The fourth-order valence-corrected chi connectivity index (χ4v) is 2.53. The maximum absolute atomic E-state index is 12.3. The van der Waals surface area contributed by atoms with Gasteiger partial charge in [-0.2, -0.15) is 0 Å². The first-order valence-electron chi connectivity index (χ1n) is 5.76. The summed E-state index contributed by atoms with van der Waals surface area (Å²) in [6.45, 7) is 7.56. The highest BCUT2D eigenvalue weighted by atomic mass is 16.5. The fourth-order valence-electron chi connectivity index (χ4n) is 2.53. The van der Waals surface area contributed by atoms with Gasteiger partial charge in [0.25, 0.3) is 0 Å². The minimum absolute atomic E-state index is 0.133. The van der Waals surface area contributed by atoms with Crippen molar-refractivity contribution in [1.82, 2.24) is 10.2 Å². The second kappa shape index (κ2) is 3.76. The van der Waals surface area contributed by atoms with Crippen LogP contribution in [-0.2, 0) is 9.53 Å². The van der Waals surface area contributed by atoms with E-state index < -0.39 is 0 Å². The molecule has 0 aromatic heterocycles. The molecule has 0 spiro atoms. The lowest BCUT2D eigenvalue weighted by Gasteiger charge is -2.27. The lowest BCUT2D eigenvalue weighted by atomic mass is 9.99. The second-order valence-corrected chi connectivity index (χ2v) is 4.74. The van der Waals surface area contributed by atoms with E-state index in [4.69, 9.17) is 4.74 Å². The number of rotatable bonds is 2. The van der Waals surface area contributed by atoms with Crippen LogP contribution >= 0.6 is 0 Å². The van der Waals surface area contributed by atoms with Gasteiger partial charge in [0, 0.05) is 6.61 Å². The summed E-state index contributed by atoms with van der Waals surface area (Å²) in [5.41, 5.74) is -0.373. The monoisotopic (exact) mass is 212 g/mol. The minimum atomic E-state index is -0.373. The van der Waals surface area contributed by atoms with Crippen molar-refractivity contribution < 1.29 is 9.53 Å². The third kappa shape index (κ3) is 1.66. The van der Waals surface area contributed by atoms with Crippen molar-refractivity contribution >= 4 is 5.91 Å². The van der Waals surface area contributed by atoms with Crippen molar-refractivity contribution in [3.8, 4) is 0 Å². The maximum Gasteiger partial charge on any atom is 0.244 e. The summed E-state index contributed by atoms with van der Waals surface area (Å²) in [6.07, 6.45) is 1.94. The van der Waals surface area contributed by atoms with Gasteiger partial charge in [-0.05, 0) is 26.7 Å². The standard InChI is InChI=1S/C11H20N2O2/c1-4-11(3)10(14)13(8(2)12-11)9-5-6-15-7-9/h8-9,12H,4-7H2,1-3H3. The van der Waals surface area contributed by atoms with E-state index in [1.165, 1.54) is 0 Å². The van der Waals surface area contributed by atoms with Crippen LogP contribution in [0.15, 0.2) is 0 Å². The van der Waals surface area contributed by atoms with E-state index in [9.17, 15) is 4.79 Å². The van der Waals surface area contributed by atoms with Crippen molar-refractivity contribution in [1.29, 1.82) is 0 Å². The van der Waals surface area contributed by atoms with Crippen molar-refractivity contribution in [2.75, 3.05) is 13.2 Å². The molecule has 2 aliphatic rings. The Morgan fingerprint density at radius 3 is 2.87 bits per heavy atom. The zero-order chi connectivity index (χ0) is 11.1. The Hall–Kier alpha value is -0.610. The molecule has 0 aromatic rings. The third-order valence-corrected chi connectivity index (χ3v) is 3.66. The summed E-state index contributed by atoms with van der Waals surface area (Å²) in [4.78, 5) is 14.2. The Kier molecular flexibility index (Phi) is 2.73. The van der Waals surface area contributed by atoms with E-state index in [1.807, 2.05) is 18.7 Å². The first-order valence-corrected chi connectivity index (χ1v) is 5.76. The number of hydrogen-bond donors (Lipinski definition) is 1. The molecule has 2 heterocycles. The molecule has 86 valence electrons. The van der Waals surface area contributed by atoms with Gasteiger partial charge in [0.05, 0.1) is 24.4 Å². The van der Waals surface area contributed by atoms with E-state index >= 15 is 0 Å². The number of nitrogens with one attached hydrogen (secondary N) is 1. The molecule has 15 heavy (non-hydrogen) atoms. The lowest BCUT2D eigenvalue weighted by Crippen LogP contribution is -2.45. The lowest BCUT2D eigenvalue weighted by molar-refractivity contribution is -0.134. The molecule has 1 amide bonds. The smallest absolute Gasteiger partial charge is 0.244 e. The number of amides is 1. The number of hydrogen-bond acceptors (Lipinski definition) is 3. The van der Waals surface area contributed by atoms with Gasteiger partial charge in [-0.25, -0.2) is 0 Å². The summed E-state index contributed by atoms with van der Waals surface area (Å²) in [5, 5.41) is 3.38. The number of ether oxygens (including phenoxy) is 1. The van der Waals surface area contributed by atoms with Crippen molar-refractivity contribution in [3.63, 3.8) is 0 Å². The Morgan fingerprint density at radius 1 is 1.67 bits per heavy atom. The molecule has 1 N–H and O–H groups in total. The Morgan fingerprint density at radius 2 is 2.40 bits per heavy atom. The number of carbonyl (C=O) groups excluding carboxylic acids is 1. The molecule has 2 saturated heterocycles. The second-order valence-electron chi connectivity index (χ2n) is 4.74. The molecule has 4 nitrogen and oxygen atoms in total. The zero-order valence-corrected chi connectivity index (χ0v) is 9.75. The molecule has 0 radical (unpaired) electrons. The fraction of sp³-hybridized carbons (Fsp3) is 0.909. The van der Waals surface area contributed by atoms with Gasteiger partial charge in [0.2, 0.25) is 5.91 Å². The van der Waals surface area contributed by atoms with Crippen molar-refractivity contribution in [3.05, 3.63) is 0 Å². The normalized spacial score (nSPS) is 41.5. The Labute approximate surface area is 91.0 Å². The van der Waals surface area contributed by atoms with Gasteiger partial charge in [-0.3, -0.25) is 10.1 Å². The molecule has 2 rings (SSSR count). The van der Waals surface area contributed by atoms with E-state index in [-0.39, 0.29) is 23.7 Å². The van der Waals surface area contributed by atoms with Gasteiger partial charge in [-0.15, -0.1) is 0 Å². The largest absolute Gasteiger partial charge is 0.379 e. The minimum Gasteiger partial charge on any atom is -0.379 e. The Balaban J connectivity index is 2.15. The van der Waals surface area contributed by atoms with Crippen LogP contribution in [0, 0.1) is 0 Å². The molecule has 0 aromatic carbocycles. The van der Waals surface area contributed by atoms with Crippen LogP contribution in [0.3, 0.4) is 0 Å². The third-order valence-electron chi connectivity index (χ3n) is 3.66. The van der Waals surface area contributed by atoms with Gasteiger partial charge in [0.1, 0.15) is 0 Å². The van der Waals surface area contributed by atoms with Crippen LogP contribution < -0.4 is 5.32 Å². The predicted molar refractivity (Wildman–Crippen MR) is 57.4 cm³/mol. The average molecular weight is 212 g/mol. The SMILES string of the molecule is CCC1(C)NC(C)N(C2CCOC2)C1=O. The van der Waals surface area contributed by atoms with E-state index in [1.54, 1.807) is 0 Å². The van der Waals surface area contributed by atoms with Crippen LogP contribution in [0.2, 0.25) is 0 Å². The van der Waals surface area contributed by atoms with Crippen LogP contribution in [0.25, 0.3) is 0 Å². The molecule has 0 bridgehead atoms. The van der Waals surface area contributed by atoms with E-state index in [0.29, 0.717) is 6.61 Å². The molecule has 2 aliphatic heterocycles. The van der Waals surface area contributed by atoms with Crippen LogP contribution in [0.5, 0.6) is 0 Å². The van der Waals surface area contributed by atoms with Crippen molar-refractivity contribution in [2.45, 2.75) is 51.4 Å². The predicted octanol–water partition coefficient (Wildman–Crippen LogP) is 0.722. The van der Waals surface area contributed by atoms with E-state index in [0.717, 1.165) is 19.4 Å². The quantitative estimate of drug-likeness (QED) is 0.733. The topological polar surface area (TPSA) is 41.6 Å². The van der Waals surface area contributed by atoms with Gasteiger partial charge in [0.15, 0.2) is 0 Å². The molecular weight excluding hydrogens is 192 g/mol. The zero-order valence-electron chi connectivity index (χ0n) is 9.75. The van der Waals surface area contributed by atoms with Crippen LogP contribution in [0.1, 0.15) is 33.6 Å². The molecule has 0 aliphatic carbocycles. The number of nitrogens with zero attached hydrogens (tertiary/aromatic N) is 1. The summed E-state index contributed by atoms with van der Waals surface area (Å²) in [6, 6.07) is 0.272. The summed E-state index contributed by atoms with van der Waals surface area (Å²) in [7, 11) is 0. The average Bonchev–Trinajstić information content (AvgIpc) is 2.76. The highest BCUT2D eigenvalue weighted by Crippen LogP contribution is 2.27. The van der Waals surface area contributed by atoms with Gasteiger partial charge in [-0.1, -0.05) is 6.92 Å². The maximum atomic E-state index is 12.3. The van der Waals surface area contributed by atoms with Gasteiger partial charge < -0.3 is 9.64 Å². The summed E-state index contributed by atoms with van der Waals surface area (Å²) in [5.74, 6) is 0.230. The first-order chi connectivity index (χ1) is 7.08. The van der Waals surface area contributed by atoms with Gasteiger partial charge >= 0.3 is 0 Å². The molecule has 2 fully saturated rings. The van der Waals surface area contributed by atoms with Crippen LogP contribution in [-0.4, -0.2) is 41.8 Å². The molecule has 0 saturated carbocycles. The highest BCUT2D eigenvalue weighted by molar-refractivity contribution is 5.88. The van der Waals surface area contributed by atoms with Crippen LogP contribution in [0.4, 0.5) is 0 Å². The highest BCUT2D eigenvalue weighted by Gasteiger charge is 2.47. The van der Waals surface area contributed by atoms with Crippen molar-refractivity contribution in [2.24, 2.45) is 0 Å². The molecular formula is C11H20N2O2. The summed E-state index contributed by atoms with van der Waals surface area (Å²) >= 11 is 0. The molecule has 3 atom stereocenters. The molecule has 4 heteroatoms.